The van der Waals surface area contributed by atoms with Crippen LogP contribution in [-0.4, -0.2) is 17.3 Å². The topological polar surface area (TPSA) is 80.4 Å². The quantitative estimate of drug-likeness (QED) is 0.728. The summed E-state index contributed by atoms with van der Waals surface area (Å²) in [7, 11) is 0. The number of aldehydes is 1. The van der Waals surface area contributed by atoms with E-state index in [1.54, 1.807) is 0 Å². The van der Waals surface area contributed by atoms with E-state index in [0.29, 0.717) is 0 Å². The van der Waals surface area contributed by atoms with Gasteiger partial charge in [-0.2, -0.15) is 0 Å². The van der Waals surface area contributed by atoms with Crippen LogP contribution in [0, 0.1) is 5.82 Å². The Bertz CT molecular complexity index is 420. The second kappa shape index (κ2) is 3.63. The molecule has 4 nitrogen and oxygen atoms in total. The Kier molecular flexibility index (Phi) is 2.71. The van der Waals surface area contributed by atoms with Crippen LogP contribution in [0.5, 0.6) is 5.75 Å². The summed E-state index contributed by atoms with van der Waals surface area (Å²) < 4.78 is 13.1. The van der Waals surface area contributed by atoms with Crippen LogP contribution in [0.2, 0.25) is 5.02 Å². The Morgan fingerprint density at radius 2 is 2.21 bits per heavy atom. The van der Waals surface area contributed by atoms with Crippen LogP contribution in [-0.2, 0) is 0 Å². The number of primary amides is 1. The highest BCUT2D eigenvalue weighted by Gasteiger charge is 2.18. The van der Waals surface area contributed by atoms with E-state index in [-0.39, 0.29) is 11.8 Å². The van der Waals surface area contributed by atoms with Crippen molar-refractivity contribution in [2.45, 2.75) is 0 Å². The molecule has 1 amide bonds. The molecule has 6 heteroatoms. The molecule has 0 fully saturated rings. The average Bonchev–Trinajstić information content (AvgIpc) is 2.14. The van der Waals surface area contributed by atoms with Gasteiger partial charge in [0.1, 0.15) is 10.8 Å². The zero-order valence-corrected chi connectivity index (χ0v) is 7.51. The number of hydrogen-bond acceptors (Lipinski definition) is 3. The molecular formula is C8H5ClFNO3. The molecular weight excluding hydrogens is 213 g/mol. The maximum Gasteiger partial charge on any atom is 0.251 e. The van der Waals surface area contributed by atoms with E-state index in [9.17, 15) is 14.0 Å². The van der Waals surface area contributed by atoms with Crippen molar-refractivity contribution in [3.8, 4) is 5.75 Å². The van der Waals surface area contributed by atoms with Gasteiger partial charge in [-0.25, -0.2) is 4.39 Å². The predicted octanol–water partition coefficient (Wildman–Crippen LogP) is 1.10. The monoisotopic (exact) mass is 217 g/mol. The molecule has 0 aromatic heterocycles. The van der Waals surface area contributed by atoms with Gasteiger partial charge in [-0.3, -0.25) is 9.59 Å². The molecule has 1 rings (SSSR count). The smallest absolute Gasteiger partial charge is 0.251 e. The van der Waals surface area contributed by atoms with Crippen molar-refractivity contribution < 1.29 is 19.1 Å². The standard InChI is InChI=1S/C8H5ClFNO3/c9-5-6(10)4(8(11)14)1-3(2-12)7(5)13/h1-2,13H,(H2,11,14). The lowest BCUT2D eigenvalue weighted by Gasteiger charge is -2.04. The summed E-state index contributed by atoms with van der Waals surface area (Å²) in [4.78, 5) is 21.1. The summed E-state index contributed by atoms with van der Waals surface area (Å²) in [5.74, 6) is -2.90. The van der Waals surface area contributed by atoms with Crippen LogP contribution in [0.15, 0.2) is 6.07 Å². The molecule has 3 N–H and O–H groups in total. The van der Waals surface area contributed by atoms with Crippen molar-refractivity contribution in [2.24, 2.45) is 5.73 Å². The molecule has 0 aliphatic rings. The lowest BCUT2D eigenvalue weighted by molar-refractivity contribution is 0.0996. The Balaban J connectivity index is 3.56. The fourth-order valence-corrected chi connectivity index (χ4v) is 1.12. The predicted molar refractivity (Wildman–Crippen MR) is 47.0 cm³/mol. The maximum absolute atomic E-state index is 13.1. The third kappa shape index (κ3) is 1.54. The molecule has 0 bridgehead atoms. The Labute approximate surface area is 83.1 Å². The average molecular weight is 218 g/mol. The minimum absolute atomic E-state index is 0.243. The molecule has 0 saturated carbocycles. The molecule has 0 unspecified atom stereocenters. The Hall–Kier alpha value is -1.62. The van der Waals surface area contributed by atoms with E-state index < -0.39 is 28.1 Å². The number of phenolic OH excluding ortho intramolecular Hbond substituents is 1. The number of halogens is 2. The van der Waals surface area contributed by atoms with Gasteiger partial charge < -0.3 is 10.8 Å². The number of aromatic hydroxyl groups is 1. The van der Waals surface area contributed by atoms with Crippen molar-refractivity contribution >= 4 is 23.8 Å². The molecule has 0 aliphatic carbocycles. The van der Waals surface area contributed by atoms with E-state index in [4.69, 9.17) is 22.4 Å². The first-order chi connectivity index (χ1) is 6.49. The van der Waals surface area contributed by atoms with E-state index in [2.05, 4.69) is 0 Å². The number of nitrogens with two attached hydrogens (primary N) is 1. The van der Waals surface area contributed by atoms with Crippen LogP contribution >= 0.6 is 11.6 Å². The zero-order valence-electron chi connectivity index (χ0n) is 6.75. The third-order valence-electron chi connectivity index (χ3n) is 1.60. The van der Waals surface area contributed by atoms with Crippen LogP contribution in [0.3, 0.4) is 0 Å². The highest BCUT2D eigenvalue weighted by atomic mass is 35.5. The summed E-state index contributed by atoms with van der Waals surface area (Å²) in [6, 6.07) is 0.839. The molecule has 1 aromatic rings. The Morgan fingerprint density at radius 1 is 1.64 bits per heavy atom. The second-order valence-electron chi connectivity index (χ2n) is 2.47. The first kappa shape index (κ1) is 10.5. The number of phenols is 1. The first-order valence-electron chi connectivity index (χ1n) is 3.45. The third-order valence-corrected chi connectivity index (χ3v) is 1.95. The molecule has 14 heavy (non-hydrogen) atoms. The normalized spacial score (nSPS) is 9.86. The van der Waals surface area contributed by atoms with Crippen molar-refractivity contribution in [1.29, 1.82) is 0 Å². The maximum atomic E-state index is 13.1. The van der Waals surface area contributed by atoms with Gasteiger partial charge in [0.05, 0.1) is 11.1 Å². The fourth-order valence-electron chi connectivity index (χ4n) is 0.905. The second-order valence-corrected chi connectivity index (χ2v) is 2.85. The van der Waals surface area contributed by atoms with Gasteiger partial charge in [0, 0.05) is 0 Å². The minimum Gasteiger partial charge on any atom is -0.506 e. The number of amides is 1. The van der Waals surface area contributed by atoms with E-state index >= 15 is 0 Å². The number of hydrogen-bond donors (Lipinski definition) is 2. The molecule has 0 heterocycles. The molecule has 0 atom stereocenters. The van der Waals surface area contributed by atoms with Gasteiger partial charge in [-0.05, 0) is 6.07 Å². The first-order valence-corrected chi connectivity index (χ1v) is 3.82. The SMILES string of the molecule is NC(=O)c1cc(C=O)c(O)c(Cl)c1F. The highest BCUT2D eigenvalue weighted by Crippen LogP contribution is 2.31. The van der Waals surface area contributed by atoms with Gasteiger partial charge in [-0.15, -0.1) is 0 Å². The molecule has 0 aliphatic heterocycles. The summed E-state index contributed by atoms with van der Waals surface area (Å²) in [6.07, 6.45) is 0.243. The van der Waals surface area contributed by atoms with E-state index in [1.165, 1.54) is 0 Å². The largest absolute Gasteiger partial charge is 0.506 e. The molecule has 0 spiro atoms. The zero-order chi connectivity index (χ0) is 10.9. The molecule has 74 valence electrons. The summed E-state index contributed by atoms with van der Waals surface area (Å²) in [6.45, 7) is 0. The summed E-state index contributed by atoms with van der Waals surface area (Å²) in [5, 5.41) is 8.44. The van der Waals surface area contributed by atoms with Gasteiger partial charge in [0.25, 0.3) is 5.91 Å². The van der Waals surface area contributed by atoms with Crippen molar-refractivity contribution in [3.05, 3.63) is 28.0 Å². The summed E-state index contributed by atoms with van der Waals surface area (Å²) in [5.41, 5.74) is 4.00. The van der Waals surface area contributed by atoms with Crippen molar-refractivity contribution in [2.75, 3.05) is 0 Å². The lowest BCUT2D eigenvalue weighted by atomic mass is 10.1. The van der Waals surface area contributed by atoms with Crippen molar-refractivity contribution in [3.63, 3.8) is 0 Å². The summed E-state index contributed by atoms with van der Waals surface area (Å²) >= 11 is 5.32. The van der Waals surface area contributed by atoms with Crippen LogP contribution in [0.1, 0.15) is 20.7 Å². The van der Waals surface area contributed by atoms with Gasteiger partial charge in [0.2, 0.25) is 0 Å². The van der Waals surface area contributed by atoms with E-state index in [0.717, 1.165) is 6.07 Å². The van der Waals surface area contributed by atoms with Crippen LogP contribution in [0.4, 0.5) is 4.39 Å². The van der Waals surface area contributed by atoms with Crippen molar-refractivity contribution in [1.82, 2.24) is 0 Å². The molecule has 0 saturated heterocycles. The number of rotatable bonds is 2. The van der Waals surface area contributed by atoms with Crippen LogP contribution in [0.25, 0.3) is 0 Å². The Morgan fingerprint density at radius 3 is 2.64 bits per heavy atom. The number of carbonyl (C=O) groups excluding carboxylic acids is 2. The van der Waals surface area contributed by atoms with E-state index in [1.807, 2.05) is 0 Å². The fraction of sp³-hybridized carbons (Fsp3) is 0. The van der Waals surface area contributed by atoms with Gasteiger partial charge >= 0.3 is 0 Å². The molecule has 0 radical (unpaired) electrons. The number of carbonyl (C=O) groups is 2. The molecule has 1 aromatic carbocycles. The van der Waals surface area contributed by atoms with Gasteiger partial charge in [-0.1, -0.05) is 11.6 Å². The minimum atomic E-state index is -1.14. The highest BCUT2D eigenvalue weighted by molar-refractivity contribution is 6.33. The lowest BCUT2D eigenvalue weighted by Crippen LogP contribution is -2.14. The van der Waals surface area contributed by atoms with Gasteiger partial charge in [0.15, 0.2) is 12.1 Å². The number of benzene rings is 1. The van der Waals surface area contributed by atoms with Crippen LogP contribution < -0.4 is 5.73 Å².